The molecule has 2 rings (SSSR count). The summed E-state index contributed by atoms with van der Waals surface area (Å²) in [6.45, 7) is 0. The second-order valence-corrected chi connectivity index (χ2v) is 4.27. The zero-order valence-corrected chi connectivity index (χ0v) is 9.51. The van der Waals surface area contributed by atoms with Crippen molar-refractivity contribution in [2.24, 2.45) is 0 Å². The molecule has 0 amide bonds. The van der Waals surface area contributed by atoms with Crippen LogP contribution in [0.4, 0.5) is 10.8 Å². The average Bonchev–Trinajstić information content (AvgIpc) is 2.76. The normalized spacial score (nSPS) is 9.75. The number of hydrogen-bond donors (Lipinski definition) is 2. The standard InChI is InChI=1S/C11H10N4S/c1-14-11-15-6-10(16-11)8-2-7(5-12)3-9(13)4-8/h2-4,6H,13H2,1H3,(H,14,15). The Labute approximate surface area is 97.4 Å². The molecule has 0 fully saturated rings. The monoisotopic (exact) mass is 230 g/mol. The number of nitrogens with zero attached hydrogens (tertiary/aromatic N) is 2. The van der Waals surface area contributed by atoms with Crippen LogP contribution in [0.15, 0.2) is 24.4 Å². The third kappa shape index (κ3) is 1.97. The number of benzene rings is 1. The third-order valence-corrected chi connectivity index (χ3v) is 3.15. The smallest absolute Gasteiger partial charge is 0.182 e. The molecule has 4 nitrogen and oxygen atoms in total. The van der Waals surface area contributed by atoms with E-state index in [4.69, 9.17) is 11.0 Å². The Balaban J connectivity index is 2.47. The van der Waals surface area contributed by atoms with Crippen LogP contribution in [0.5, 0.6) is 0 Å². The molecule has 3 N–H and O–H groups in total. The lowest BCUT2D eigenvalue weighted by molar-refractivity contribution is 1.37. The first-order valence-electron chi connectivity index (χ1n) is 4.67. The Kier molecular flexibility index (Phi) is 2.75. The Bertz CT molecular complexity index is 553. The topological polar surface area (TPSA) is 74.7 Å². The van der Waals surface area contributed by atoms with Gasteiger partial charge < -0.3 is 11.1 Å². The molecule has 0 aliphatic heterocycles. The number of rotatable bonds is 2. The molecular formula is C11H10N4S. The summed E-state index contributed by atoms with van der Waals surface area (Å²) in [6, 6.07) is 7.39. The van der Waals surface area contributed by atoms with E-state index in [1.165, 1.54) is 11.3 Å². The highest BCUT2D eigenvalue weighted by Gasteiger charge is 2.05. The lowest BCUT2D eigenvalue weighted by Gasteiger charge is -2.00. The first-order valence-corrected chi connectivity index (χ1v) is 5.49. The van der Waals surface area contributed by atoms with Gasteiger partial charge in [0, 0.05) is 18.9 Å². The maximum atomic E-state index is 8.85. The minimum Gasteiger partial charge on any atom is -0.399 e. The quantitative estimate of drug-likeness (QED) is 0.776. The van der Waals surface area contributed by atoms with Crippen LogP contribution in [0.3, 0.4) is 0 Å². The van der Waals surface area contributed by atoms with Crippen LogP contribution in [0.1, 0.15) is 5.56 Å². The molecular weight excluding hydrogens is 220 g/mol. The summed E-state index contributed by atoms with van der Waals surface area (Å²) >= 11 is 1.53. The average molecular weight is 230 g/mol. The largest absolute Gasteiger partial charge is 0.399 e. The Morgan fingerprint density at radius 2 is 2.25 bits per heavy atom. The van der Waals surface area contributed by atoms with Crippen molar-refractivity contribution in [2.45, 2.75) is 0 Å². The molecule has 16 heavy (non-hydrogen) atoms. The van der Waals surface area contributed by atoms with Crippen molar-refractivity contribution in [1.29, 1.82) is 5.26 Å². The van der Waals surface area contributed by atoms with Gasteiger partial charge in [-0.3, -0.25) is 0 Å². The van der Waals surface area contributed by atoms with Crippen molar-refractivity contribution in [1.82, 2.24) is 4.98 Å². The molecule has 2 aromatic rings. The summed E-state index contributed by atoms with van der Waals surface area (Å²) in [4.78, 5) is 5.17. The van der Waals surface area contributed by atoms with Gasteiger partial charge in [0.25, 0.3) is 0 Å². The van der Waals surface area contributed by atoms with Crippen molar-refractivity contribution in [2.75, 3.05) is 18.1 Å². The summed E-state index contributed by atoms with van der Waals surface area (Å²) in [7, 11) is 1.82. The fraction of sp³-hybridized carbons (Fsp3) is 0.0909. The van der Waals surface area contributed by atoms with Crippen LogP contribution < -0.4 is 11.1 Å². The number of nitrogens with two attached hydrogens (primary N) is 1. The summed E-state index contributed by atoms with van der Waals surface area (Å²) in [5, 5.41) is 12.7. The van der Waals surface area contributed by atoms with Gasteiger partial charge >= 0.3 is 0 Å². The number of anilines is 2. The van der Waals surface area contributed by atoms with Crippen LogP contribution in [0, 0.1) is 11.3 Å². The molecule has 0 aliphatic rings. The van der Waals surface area contributed by atoms with Crippen LogP contribution in [-0.4, -0.2) is 12.0 Å². The SMILES string of the molecule is CNc1ncc(-c2cc(N)cc(C#N)c2)s1. The summed E-state index contributed by atoms with van der Waals surface area (Å²) < 4.78 is 0. The Hall–Kier alpha value is -2.06. The summed E-state index contributed by atoms with van der Waals surface area (Å²) in [5.41, 5.74) is 7.81. The maximum absolute atomic E-state index is 8.85. The first kappa shape index (κ1) is 10.5. The molecule has 0 atom stereocenters. The number of hydrogen-bond acceptors (Lipinski definition) is 5. The highest BCUT2D eigenvalue weighted by molar-refractivity contribution is 7.18. The minimum absolute atomic E-state index is 0.564. The van der Waals surface area contributed by atoms with Gasteiger partial charge in [0.1, 0.15) is 0 Å². The molecule has 0 saturated heterocycles. The second kappa shape index (κ2) is 4.21. The summed E-state index contributed by atoms with van der Waals surface area (Å²) in [5.74, 6) is 0. The van der Waals surface area contributed by atoms with E-state index in [1.807, 2.05) is 19.2 Å². The number of thiazole rings is 1. The number of nitrogen functional groups attached to an aromatic ring is 1. The lowest BCUT2D eigenvalue weighted by Crippen LogP contribution is -1.87. The van der Waals surface area contributed by atoms with Crippen molar-refractivity contribution >= 4 is 22.2 Å². The van der Waals surface area contributed by atoms with E-state index in [1.54, 1.807) is 12.3 Å². The number of aromatic nitrogens is 1. The fourth-order valence-electron chi connectivity index (χ4n) is 1.38. The van der Waals surface area contributed by atoms with Gasteiger partial charge in [0.15, 0.2) is 5.13 Å². The van der Waals surface area contributed by atoms with Crippen LogP contribution >= 0.6 is 11.3 Å². The van der Waals surface area contributed by atoms with Gasteiger partial charge in [-0.25, -0.2) is 4.98 Å². The van der Waals surface area contributed by atoms with E-state index in [9.17, 15) is 0 Å². The van der Waals surface area contributed by atoms with Crippen molar-refractivity contribution in [3.05, 3.63) is 30.0 Å². The molecule has 0 unspecified atom stereocenters. The molecule has 0 aliphatic carbocycles. The highest BCUT2D eigenvalue weighted by atomic mass is 32.1. The van der Waals surface area contributed by atoms with Gasteiger partial charge in [0.2, 0.25) is 0 Å². The van der Waals surface area contributed by atoms with Crippen molar-refractivity contribution in [3.63, 3.8) is 0 Å². The molecule has 1 heterocycles. The minimum atomic E-state index is 0.564. The van der Waals surface area contributed by atoms with Crippen LogP contribution in [-0.2, 0) is 0 Å². The van der Waals surface area contributed by atoms with E-state index >= 15 is 0 Å². The maximum Gasteiger partial charge on any atom is 0.182 e. The van der Waals surface area contributed by atoms with Crippen molar-refractivity contribution < 1.29 is 0 Å². The highest BCUT2D eigenvalue weighted by Crippen LogP contribution is 2.30. The third-order valence-electron chi connectivity index (χ3n) is 2.09. The predicted molar refractivity (Wildman–Crippen MR) is 66.2 cm³/mol. The second-order valence-electron chi connectivity index (χ2n) is 3.24. The Morgan fingerprint density at radius 1 is 1.44 bits per heavy atom. The molecule has 80 valence electrons. The first-order chi connectivity index (χ1) is 7.72. The van der Waals surface area contributed by atoms with Gasteiger partial charge in [0.05, 0.1) is 16.5 Å². The molecule has 1 aromatic heterocycles. The van der Waals surface area contributed by atoms with Crippen LogP contribution in [0.2, 0.25) is 0 Å². The zero-order valence-electron chi connectivity index (χ0n) is 8.69. The van der Waals surface area contributed by atoms with Gasteiger partial charge in [-0.15, -0.1) is 0 Å². The molecule has 0 saturated carbocycles. The van der Waals surface area contributed by atoms with E-state index < -0.39 is 0 Å². The van der Waals surface area contributed by atoms with E-state index in [2.05, 4.69) is 16.4 Å². The molecule has 5 heteroatoms. The number of nitrogens with one attached hydrogen (secondary N) is 1. The molecule has 0 bridgehead atoms. The molecule has 1 aromatic carbocycles. The van der Waals surface area contributed by atoms with E-state index in [0.717, 1.165) is 15.6 Å². The zero-order chi connectivity index (χ0) is 11.5. The number of nitriles is 1. The van der Waals surface area contributed by atoms with Crippen LogP contribution in [0.25, 0.3) is 10.4 Å². The molecule has 0 radical (unpaired) electrons. The van der Waals surface area contributed by atoms with Gasteiger partial charge in [-0.2, -0.15) is 5.26 Å². The summed E-state index contributed by atoms with van der Waals surface area (Å²) in [6.07, 6.45) is 1.77. The Morgan fingerprint density at radius 3 is 2.88 bits per heavy atom. The lowest BCUT2D eigenvalue weighted by atomic mass is 10.1. The predicted octanol–water partition coefficient (Wildman–Crippen LogP) is 2.31. The van der Waals surface area contributed by atoms with Crippen molar-refractivity contribution in [3.8, 4) is 16.5 Å². The molecule has 0 spiro atoms. The fourth-order valence-corrected chi connectivity index (χ4v) is 2.14. The van der Waals surface area contributed by atoms with E-state index in [-0.39, 0.29) is 0 Å². The van der Waals surface area contributed by atoms with Gasteiger partial charge in [-0.05, 0) is 23.8 Å². The van der Waals surface area contributed by atoms with E-state index in [0.29, 0.717) is 11.3 Å². The van der Waals surface area contributed by atoms with Gasteiger partial charge in [-0.1, -0.05) is 11.3 Å².